The molecule has 0 aliphatic heterocycles. The third kappa shape index (κ3) is 3.69. The number of carbonyl (C=O) groups excluding carboxylic acids is 1. The minimum Gasteiger partial charge on any atom is -0.303 e. The van der Waals surface area contributed by atoms with Crippen molar-refractivity contribution in [2.45, 2.75) is 26.8 Å². The summed E-state index contributed by atoms with van der Waals surface area (Å²) in [5, 5.41) is 0. The number of nitrogens with one attached hydrogen (secondary N) is 1. The summed E-state index contributed by atoms with van der Waals surface area (Å²) < 4.78 is 0. The van der Waals surface area contributed by atoms with Crippen molar-refractivity contribution in [3.63, 3.8) is 0 Å². The molecule has 0 aliphatic carbocycles. The summed E-state index contributed by atoms with van der Waals surface area (Å²) in [6.45, 7) is 6.78. The lowest BCUT2D eigenvalue weighted by molar-refractivity contribution is -0.125. The standard InChI is InChI=1S/C8H19N3O/c1-6(2)11(4)5-7(3)8(12)10-9/h6-7H,5,9H2,1-4H3,(H,10,12). The topological polar surface area (TPSA) is 58.4 Å². The van der Waals surface area contributed by atoms with Gasteiger partial charge in [0.2, 0.25) is 5.91 Å². The predicted octanol–water partition coefficient (Wildman–Crippen LogP) is -0.0474. The van der Waals surface area contributed by atoms with E-state index >= 15 is 0 Å². The van der Waals surface area contributed by atoms with Crippen molar-refractivity contribution in [3.8, 4) is 0 Å². The fourth-order valence-electron chi connectivity index (χ4n) is 0.868. The van der Waals surface area contributed by atoms with Gasteiger partial charge in [-0.1, -0.05) is 6.92 Å². The second-order valence-electron chi connectivity index (χ2n) is 3.44. The second kappa shape index (κ2) is 5.11. The average Bonchev–Trinajstić information content (AvgIpc) is 2.02. The van der Waals surface area contributed by atoms with Crippen LogP contribution >= 0.6 is 0 Å². The van der Waals surface area contributed by atoms with Crippen LogP contribution in [-0.2, 0) is 4.79 Å². The van der Waals surface area contributed by atoms with Gasteiger partial charge in [-0.15, -0.1) is 0 Å². The Bertz CT molecular complexity index is 147. The van der Waals surface area contributed by atoms with E-state index in [1.165, 1.54) is 0 Å². The van der Waals surface area contributed by atoms with Crippen LogP contribution in [0.25, 0.3) is 0 Å². The molecule has 0 aromatic carbocycles. The average molecular weight is 173 g/mol. The maximum Gasteiger partial charge on any atom is 0.237 e. The summed E-state index contributed by atoms with van der Waals surface area (Å²) >= 11 is 0. The van der Waals surface area contributed by atoms with Crippen molar-refractivity contribution >= 4 is 5.91 Å². The lowest BCUT2D eigenvalue weighted by atomic mass is 10.1. The lowest BCUT2D eigenvalue weighted by Crippen LogP contribution is -2.41. The molecule has 0 rings (SSSR count). The van der Waals surface area contributed by atoms with Gasteiger partial charge in [-0.3, -0.25) is 10.2 Å². The molecule has 3 N–H and O–H groups in total. The van der Waals surface area contributed by atoms with Crippen molar-refractivity contribution in [1.82, 2.24) is 10.3 Å². The number of nitrogens with two attached hydrogens (primary N) is 1. The molecule has 0 bridgehead atoms. The summed E-state index contributed by atoms with van der Waals surface area (Å²) in [5.74, 6) is 4.84. The minimum atomic E-state index is -0.109. The number of rotatable bonds is 4. The van der Waals surface area contributed by atoms with Gasteiger partial charge >= 0.3 is 0 Å². The molecule has 0 heterocycles. The number of amides is 1. The zero-order chi connectivity index (χ0) is 9.72. The second-order valence-corrected chi connectivity index (χ2v) is 3.44. The van der Waals surface area contributed by atoms with E-state index in [1.807, 2.05) is 14.0 Å². The predicted molar refractivity (Wildman–Crippen MR) is 49.3 cm³/mol. The molecular formula is C8H19N3O. The third-order valence-electron chi connectivity index (χ3n) is 2.03. The first-order chi connectivity index (χ1) is 5.49. The van der Waals surface area contributed by atoms with Crippen LogP contribution in [0.2, 0.25) is 0 Å². The molecule has 0 aromatic rings. The van der Waals surface area contributed by atoms with Crippen LogP contribution < -0.4 is 11.3 Å². The van der Waals surface area contributed by atoms with Gasteiger partial charge in [0.1, 0.15) is 0 Å². The summed E-state index contributed by atoms with van der Waals surface area (Å²) in [4.78, 5) is 13.1. The summed E-state index contributed by atoms with van der Waals surface area (Å²) in [7, 11) is 1.99. The molecule has 0 radical (unpaired) electrons. The van der Waals surface area contributed by atoms with E-state index in [1.54, 1.807) is 0 Å². The molecule has 0 saturated carbocycles. The van der Waals surface area contributed by atoms with E-state index < -0.39 is 0 Å². The Labute approximate surface area is 74.1 Å². The van der Waals surface area contributed by atoms with Gasteiger partial charge in [0.25, 0.3) is 0 Å². The lowest BCUT2D eigenvalue weighted by Gasteiger charge is -2.23. The third-order valence-corrected chi connectivity index (χ3v) is 2.03. The zero-order valence-corrected chi connectivity index (χ0v) is 8.29. The first-order valence-electron chi connectivity index (χ1n) is 4.19. The first kappa shape index (κ1) is 11.4. The van der Waals surface area contributed by atoms with E-state index in [0.29, 0.717) is 6.04 Å². The largest absolute Gasteiger partial charge is 0.303 e. The number of hydrazine groups is 1. The molecular weight excluding hydrogens is 154 g/mol. The number of hydrogen-bond donors (Lipinski definition) is 2. The molecule has 0 aliphatic rings. The smallest absolute Gasteiger partial charge is 0.237 e. The Kier molecular flexibility index (Phi) is 4.85. The van der Waals surface area contributed by atoms with Crippen molar-refractivity contribution in [1.29, 1.82) is 0 Å². The van der Waals surface area contributed by atoms with Gasteiger partial charge in [-0.2, -0.15) is 0 Å². The Morgan fingerprint density at radius 1 is 1.50 bits per heavy atom. The van der Waals surface area contributed by atoms with E-state index in [4.69, 9.17) is 5.84 Å². The molecule has 0 saturated heterocycles. The Hall–Kier alpha value is -0.610. The highest BCUT2D eigenvalue weighted by Gasteiger charge is 2.14. The highest BCUT2D eigenvalue weighted by Crippen LogP contribution is 2.01. The van der Waals surface area contributed by atoms with Crippen molar-refractivity contribution in [3.05, 3.63) is 0 Å². The van der Waals surface area contributed by atoms with Crippen LogP contribution in [0.15, 0.2) is 0 Å². The fourth-order valence-corrected chi connectivity index (χ4v) is 0.868. The Morgan fingerprint density at radius 3 is 2.33 bits per heavy atom. The van der Waals surface area contributed by atoms with Gasteiger partial charge in [0, 0.05) is 18.5 Å². The van der Waals surface area contributed by atoms with Crippen molar-refractivity contribution in [2.75, 3.05) is 13.6 Å². The number of carbonyl (C=O) groups is 1. The van der Waals surface area contributed by atoms with Crippen LogP contribution in [0.5, 0.6) is 0 Å². The maximum absolute atomic E-state index is 11.0. The van der Waals surface area contributed by atoms with Gasteiger partial charge in [0.15, 0.2) is 0 Å². The molecule has 12 heavy (non-hydrogen) atoms. The van der Waals surface area contributed by atoms with E-state index in [2.05, 4.69) is 24.2 Å². The molecule has 1 unspecified atom stereocenters. The van der Waals surface area contributed by atoms with Crippen LogP contribution in [0.4, 0.5) is 0 Å². The normalized spacial score (nSPS) is 13.6. The van der Waals surface area contributed by atoms with Crippen LogP contribution in [0, 0.1) is 5.92 Å². The monoisotopic (exact) mass is 173 g/mol. The molecule has 4 heteroatoms. The van der Waals surface area contributed by atoms with Crippen LogP contribution in [-0.4, -0.2) is 30.4 Å². The fraction of sp³-hybridized carbons (Fsp3) is 0.875. The SMILES string of the molecule is CC(CN(C)C(C)C)C(=O)NN. The van der Waals surface area contributed by atoms with Gasteiger partial charge in [-0.25, -0.2) is 5.84 Å². The quantitative estimate of drug-likeness (QED) is 0.356. The molecule has 1 amide bonds. The Morgan fingerprint density at radius 2 is 2.00 bits per heavy atom. The molecule has 72 valence electrons. The van der Waals surface area contributed by atoms with E-state index in [9.17, 15) is 4.79 Å². The number of nitrogens with zero attached hydrogens (tertiary/aromatic N) is 1. The van der Waals surface area contributed by atoms with Gasteiger partial charge < -0.3 is 4.90 Å². The molecule has 4 nitrogen and oxygen atoms in total. The number of hydrogen-bond acceptors (Lipinski definition) is 3. The van der Waals surface area contributed by atoms with E-state index in [0.717, 1.165) is 6.54 Å². The summed E-state index contributed by atoms with van der Waals surface area (Å²) in [5.41, 5.74) is 2.14. The molecule has 0 fully saturated rings. The Balaban J connectivity index is 3.83. The molecule has 0 spiro atoms. The van der Waals surface area contributed by atoms with Crippen molar-refractivity contribution < 1.29 is 4.79 Å². The highest BCUT2D eigenvalue weighted by molar-refractivity contribution is 5.77. The van der Waals surface area contributed by atoms with Gasteiger partial charge in [-0.05, 0) is 20.9 Å². The summed E-state index contributed by atoms with van der Waals surface area (Å²) in [6, 6.07) is 0.457. The van der Waals surface area contributed by atoms with Gasteiger partial charge in [0.05, 0.1) is 0 Å². The van der Waals surface area contributed by atoms with E-state index in [-0.39, 0.29) is 11.8 Å². The highest BCUT2D eigenvalue weighted by atomic mass is 16.2. The zero-order valence-electron chi connectivity index (χ0n) is 8.29. The maximum atomic E-state index is 11.0. The van der Waals surface area contributed by atoms with Crippen molar-refractivity contribution in [2.24, 2.45) is 11.8 Å². The summed E-state index contributed by atoms with van der Waals surface area (Å²) in [6.07, 6.45) is 0. The van der Waals surface area contributed by atoms with Crippen LogP contribution in [0.1, 0.15) is 20.8 Å². The molecule has 0 aromatic heterocycles. The minimum absolute atomic E-state index is 0.0533. The molecule has 1 atom stereocenters. The first-order valence-corrected chi connectivity index (χ1v) is 4.19. The van der Waals surface area contributed by atoms with Crippen LogP contribution in [0.3, 0.4) is 0 Å².